The van der Waals surface area contributed by atoms with Gasteiger partial charge in [-0.3, -0.25) is 9.59 Å². The number of ether oxygens (including phenoxy) is 5. The molecule has 0 aliphatic carbocycles. The molecule has 186 valence electrons. The first-order valence-corrected chi connectivity index (χ1v) is 11.5. The van der Waals surface area contributed by atoms with Crippen LogP contribution in [-0.2, 0) is 25.6 Å². The number of carbonyl (C=O) groups is 2. The molecular weight excluding hydrogens is 456 g/mol. The standard InChI is InChI=1S/C25H28N2O8/c1-31-12-24(30)27-15-3-5-19-17(7-15)18-8-16(34-22(11-28)25(18)35-19)9-23(29)26-10-14-2-4-20-21(6-14)33-13-32-20/h2-7,16,18,22,25,28H,8-13H2,1H3,(H,26,29)(H,27,30)/t16-,18-,22+,25+/m0/s1. The van der Waals surface area contributed by atoms with Gasteiger partial charge in [0.2, 0.25) is 18.6 Å². The lowest BCUT2D eigenvalue weighted by Gasteiger charge is -2.37. The van der Waals surface area contributed by atoms with Crippen LogP contribution in [0.15, 0.2) is 36.4 Å². The summed E-state index contributed by atoms with van der Waals surface area (Å²) in [6, 6.07) is 11.0. The van der Waals surface area contributed by atoms with Crippen LogP contribution in [0.1, 0.15) is 29.9 Å². The lowest BCUT2D eigenvalue weighted by atomic mass is 9.84. The summed E-state index contributed by atoms with van der Waals surface area (Å²) in [4.78, 5) is 24.6. The number of carbonyl (C=O) groups excluding carboxylic acids is 2. The molecule has 0 radical (unpaired) electrons. The number of amides is 2. The number of methoxy groups -OCH3 is 1. The van der Waals surface area contributed by atoms with E-state index in [4.69, 9.17) is 23.7 Å². The highest BCUT2D eigenvalue weighted by molar-refractivity contribution is 5.92. The van der Waals surface area contributed by atoms with Crippen LogP contribution in [0, 0.1) is 0 Å². The SMILES string of the molecule is COCC(=O)Nc1ccc2c(c1)[C@@H]1C[C@@H](CC(=O)NCc3ccc4c(c3)OCO4)O[C@H](CO)[C@@H]1O2. The summed E-state index contributed by atoms with van der Waals surface area (Å²) < 4.78 is 27.7. The van der Waals surface area contributed by atoms with Crippen LogP contribution in [0.5, 0.6) is 17.2 Å². The van der Waals surface area contributed by atoms with E-state index < -0.39 is 6.10 Å². The molecule has 0 bridgehead atoms. The fourth-order valence-corrected chi connectivity index (χ4v) is 4.83. The highest BCUT2D eigenvalue weighted by Crippen LogP contribution is 2.47. The van der Waals surface area contributed by atoms with Crippen molar-refractivity contribution in [3.05, 3.63) is 47.5 Å². The molecule has 2 aromatic rings. The summed E-state index contributed by atoms with van der Waals surface area (Å²) in [5.41, 5.74) is 2.47. The Balaban J connectivity index is 1.22. The first-order chi connectivity index (χ1) is 17.0. The molecule has 2 amide bonds. The van der Waals surface area contributed by atoms with E-state index in [9.17, 15) is 14.7 Å². The highest BCUT2D eigenvalue weighted by atomic mass is 16.7. The first kappa shape index (κ1) is 23.4. The topological polar surface area (TPSA) is 125 Å². The summed E-state index contributed by atoms with van der Waals surface area (Å²) in [7, 11) is 1.46. The van der Waals surface area contributed by atoms with Crippen LogP contribution in [0.2, 0.25) is 0 Å². The fourth-order valence-electron chi connectivity index (χ4n) is 4.83. The second-order valence-electron chi connectivity index (χ2n) is 8.81. The summed E-state index contributed by atoms with van der Waals surface area (Å²) in [6.07, 6.45) is -0.580. The zero-order valence-electron chi connectivity index (χ0n) is 19.3. The third kappa shape index (κ3) is 5.04. The summed E-state index contributed by atoms with van der Waals surface area (Å²) in [5.74, 6) is 1.59. The molecule has 2 aromatic carbocycles. The minimum Gasteiger partial charge on any atom is -0.487 e. The van der Waals surface area contributed by atoms with Crippen molar-refractivity contribution in [1.29, 1.82) is 0 Å². The van der Waals surface area contributed by atoms with E-state index in [0.717, 1.165) is 11.1 Å². The lowest BCUT2D eigenvalue weighted by Crippen LogP contribution is -2.47. The third-order valence-electron chi connectivity index (χ3n) is 6.40. The predicted octanol–water partition coefficient (Wildman–Crippen LogP) is 1.70. The molecule has 4 atom stereocenters. The van der Waals surface area contributed by atoms with Gasteiger partial charge in [0.25, 0.3) is 0 Å². The smallest absolute Gasteiger partial charge is 0.250 e. The van der Waals surface area contributed by atoms with Crippen molar-refractivity contribution in [2.45, 2.75) is 43.6 Å². The summed E-state index contributed by atoms with van der Waals surface area (Å²) in [6.45, 7) is 0.297. The van der Waals surface area contributed by atoms with Gasteiger partial charge in [-0.25, -0.2) is 0 Å². The van der Waals surface area contributed by atoms with Crippen molar-refractivity contribution in [3.8, 4) is 17.2 Å². The van der Waals surface area contributed by atoms with Crippen LogP contribution in [0.3, 0.4) is 0 Å². The Bertz CT molecular complexity index is 1110. The Labute approximate surface area is 202 Å². The van der Waals surface area contributed by atoms with E-state index in [1.54, 1.807) is 12.1 Å². The Hall–Kier alpha value is -3.34. The normalized spacial score (nSPS) is 23.7. The molecule has 3 N–H and O–H groups in total. The molecule has 0 unspecified atom stereocenters. The Morgan fingerprint density at radius 3 is 2.74 bits per heavy atom. The van der Waals surface area contributed by atoms with Gasteiger partial charge in [0.15, 0.2) is 11.5 Å². The Morgan fingerprint density at radius 2 is 1.91 bits per heavy atom. The molecule has 1 fully saturated rings. The van der Waals surface area contributed by atoms with Crippen molar-refractivity contribution >= 4 is 17.5 Å². The second kappa shape index (κ2) is 10.1. The maximum Gasteiger partial charge on any atom is 0.250 e. The van der Waals surface area contributed by atoms with Crippen LogP contribution in [0.25, 0.3) is 0 Å². The number of nitrogens with one attached hydrogen (secondary N) is 2. The number of rotatable bonds is 8. The maximum atomic E-state index is 12.7. The Kier molecular flexibility index (Phi) is 6.76. The first-order valence-electron chi connectivity index (χ1n) is 11.5. The molecule has 10 heteroatoms. The molecule has 3 aliphatic heterocycles. The van der Waals surface area contributed by atoms with Gasteiger partial charge in [-0.2, -0.15) is 0 Å². The van der Waals surface area contributed by atoms with Crippen LogP contribution in [-0.4, -0.2) is 62.3 Å². The van der Waals surface area contributed by atoms with Gasteiger partial charge in [0.1, 0.15) is 24.6 Å². The van der Waals surface area contributed by atoms with E-state index in [0.29, 0.717) is 35.9 Å². The van der Waals surface area contributed by atoms with Crippen molar-refractivity contribution in [2.24, 2.45) is 0 Å². The molecule has 0 spiro atoms. The fraction of sp³-hybridized carbons (Fsp3) is 0.440. The highest BCUT2D eigenvalue weighted by Gasteiger charge is 2.46. The van der Waals surface area contributed by atoms with Crippen molar-refractivity contribution in [1.82, 2.24) is 5.32 Å². The van der Waals surface area contributed by atoms with Gasteiger partial charge >= 0.3 is 0 Å². The molecule has 35 heavy (non-hydrogen) atoms. The second-order valence-corrected chi connectivity index (χ2v) is 8.81. The van der Waals surface area contributed by atoms with E-state index >= 15 is 0 Å². The van der Waals surface area contributed by atoms with Crippen molar-refractivity contribution in [3.63, 3.8) is 0 Å². The zero-order chi connectivity index (χ0) is 24.4. The van der Waals surface area contributed by atoms with Crippen molar-refractivity contribution in [2.75, 3.05) is 32.4 Å². The quantitative estimate of drug-likeness (QED) is 0.517. The summed E-state index contributed by atoms with van der Waals surface area (Å²) in [5, 5.41) is 15.7. The summed E-state index contributed by atoms with van der Waals surface area (Å²) >= 11 is 0. The molecule has 1 saturated heterocycles. The van der Waals surface area contributed by atoms with Crippen LogP contribution < -0.4 is 24.8 Å². The number of anilines is 1. The Morgan fingerprint density at radius 1 is 1.09 bits per heavy atom. The number of benzene rings is 2. The average molecular weight is 485 g/mol. The average Bonchev–Trinajstić information content (AvgIpc) is 3.46. The van der Waals surface area contributed by atoms with Gasteiger partial charge < -0.3 is 39.4 Å². The molecule has 5 rings (SSSR count). The van der Waals surface area contributed by atoms with Gasteiger partial charge in [-0.15, -0.1) is 0 Å². The number of hydrogen-bond acceptors (Lipinski definition) is 8. The van der Waals surface area contributed by atoms with E-state index in [-0.39, 0.29) is 56.4 Å². The van der Waals surface area contributed by atoms with Gasteiger partial charge in [-0.1, -0.05) is 6.07 Å². The van der Waals surface area contributed by atoms with E-state index in [1.165, 1.54) is 7.11 Å². The van der Waals surface area contributed by atoms with Gasteiger partial charge in [0, 0.05) is 30.8 Å². The number of hydrogen-bond donors (Lipinski definition) is 3. The molecule has 0 saturated carbocycles. The number of aliphatic hydroxyl groups excluding tert-OH is 1. The number of fused-ring (bicyclic) bond motifs is 4. The molecule has 0 aromatic heterocycles. The largest absolute Gasteiger partial charge is 0.487 e. The molecule has 3 heterocycles. The van der Waals surface area contributed by atoms with Crippen LogP contribution >= 0.6 is 0 Å². The van der Waals surface area contributed by atoms with E-state index in [1.807, 2.05) is 24.3 Å². The molecule has 3 aliphatic rings. The third-order valence-corrected chi connectivity index (χ3v) is 6.40. The van der Waals surface area contributed by atoms with Gasteiger partial charge in [-0.05, 0) is 42.3 Å². The lowest BCUT2D eigenvalue weighted by molar-refractivity contribution is -0.142. The molecule has 10 nitrogen and oxygen atoms in total. The monoisotopic (exact) mass is 484 g/mol. The van der Waals surface area contributed by atoms with Crippen molar-refractivity contribution < 1.29 is 38.4 Å². The van der Waals surface area contributed by atoms with Crippen LogP contribution in [0.4, 0.5) is 5.69 Å². The minimum atomic E-state index is -0.556. The minimum absolute atomic E-state index is 0.0382. The molecular formula is C25H28N2O8. The zero-order valence-corrected chi connectivity index (χ0v) is 19.3. The predicted molar refractivity (Wildman–Crippen MR) is 123 cm³/mol. The van der Waals surface area contributed by atoms with Gasteiger partial charge in [0.05, 0.1) is 19.1 Å². The number of aliphatic hydroxyl groups is 1. The van der Waals surface area contributed by atoms with E-state index in [2.05, 4.69) is 10.6 Å². The maximum absolute atomic E-state index is 12.7.